The Labute approximate surface area is 164 Å². The second-order valence-electron chi connectivity index (χ2n) is 6.67. The number of nitrogens with zero attached hydrogens (tertiary/aromatic N) is 3. The lowest BCUT2D eigenvalue weighted by molar-refractivity contribution is -0.133. The van der Waals surface area contributed by atoms with Gasteiger partial charge in [0.15, 0.2) is 0 Å². The highest BCUT2D eigenvalue weighted by atomic mass is 35.5. The summed E-state index contributed by atoms with van der Waals surface area (Å²) >= 11 is 11.8. The van der Waals surface area contributed by atoms with Crippen LogP contribution in [0.5, 0.6) is 0 Å². The lowest BCUT2D eigenvalue weighted by Gasteiger charge is -2.34. The van der Waals surface area contributed by atoms with Crippen LogP contribution < -0.4 is 0 Å². The van der Waals surface area contributed by atoms with Crippen LogP contribution in [0, 0.1) is 0 Å². The molecule has 1 heterocycles. The second-order valence-corrected chi connectivity index (χ2v) is 9.42. The van der Waals surface area contributed by atoms with E-state index in [1.165, 1.54) is 22.5 Å². The molecule has 1 aliphatic carbocycles. The fourth-order valence-electron chi connectivity index (χ4n) is 3.22. The zero-order chi connectivity index (χ0) is 18.9. The highest BCUT2D eigenvalue weighted by molar-refractivity contribution is 7.89. The first kappa shape index (κ1) is 19.9. The van der Waals surface area contributed by atoms with Crippen LogP contribution in [0.2, 0.25) is 10.0 Å². The van der Waals surface area contributed by atoms with E-state index in [9.17, 15) is 13.2 Å². The number of hydrogen-bond acceptors (Lipinski definition) is 4. The molecular weight excluding hydrogens is 397 g/mol. The molecule has 144 valence electrons. The SMILES string of the molecule is CCN(C(=O)CN1CCN(S(=O)(=O)c2ccc(Cl)c(Cl)c2)CC1)C1CC1. The van der Waals surface area contributed by atoms with Crippen molar-refractivity contribution in [2.75, 3.05) is 39.3 Å². The predicted octanol–water partition coefficient (Wildman–Crippen LogP) is 2.31. The summed E-state index contributed by atoms with van der Waals surface area (Å²) in [7, 11) is -3.61. The van der Waals surface area contributed by atoms with Crippen molar-refractivity contribution in [1.29, 1.82) is 0 Å². The van der Waals surface area contributed by atoms with Gasteiger partial charge in [-0.15, -0.1) is 0 Å². The van der Waals surface area contributed by atoms with Crippen molar-refractivity contribution in [1.82, 2.24) is 14.1 Å². The van der Waals surface area contributed by atoms with Gasteiger partial charge < -0.3 is 4.90 Å². The number of piperazine rings is 1. The summed E-state index contributed by atoms with van der Waals surface area (Å²) in [6.07, 6.45) is 2.19. The number of carbonyl (C=O) groups excluding carboxylic acids is 1. The molecule has 2 aliphatic rings. The predicted molar refractivity (Wildman–Crippen MR) is 102 cm³/mol. The van der Waals surface area contributed by atoms with Crippen molar-refractivity contribution >= 4 is 39.1 Å². The maximum atomic E-state index is 12.8. The number of halogens is 2. The van der Waals surface area contributed by atoms with E-state index in [-0.39, 0.29) is 15.8 Å². The van der Waals surface area contributed by atoms with E-state index in [0.29, 0.717) is 43.8 Å². The molecule has 1 amide bonds. The number of amides is 1. The van der Waals surface area contributed by atoms with Gasteiger partial charge in [-0.05, 0) is 38.0 Å². The van der Waals surface area contributed by atoms with E-state index in [1.807, 2.05) is 16.7 Å². The maximum absolute atomic E-state index is 12.8. The van der Waals surface area contributed by atoms with Crippen molar-refractivity contribution in [2.24, 2.45) is 0 Å². The second kappa shape index (κ2) is 8.02. The highest BCUT2D eigenvalue weighted by Crippen LogP contribution is 2.28. The Balaban J connectivity index is 1.59. The molecule has 9 heteroatoms. The van der Waals surface area contributed by atoms with E-state index < -0.39 is 10.0 Å². The molecule has 0 spiro atoms. The standard InChI is InChI=1S/C17H23Cl2N3O3S/c1-2-22(13-3-4-13)17(23)12-20-7-9-21(10-8-20)26(24,25)14-5-6-15(18)16(19)11-14/h5-6,11,13H,2-4,7-10,12H2,1H3. The molecular formula is C17H23Cl2N3O3S. The molecule has 1 aliphatic heterocycles. The van der Waals surface area contributed by atoms with Gasteiger partial charge in [-0.2, -0.15) is 4.31 Å². The Morgan fingerprint density at radius 1 is 1.15 bits per heavy atom. The molecule has 1 saturated heterocycles. The van der Waals surface area contributed by atoms with Gasteiger partial charge in [-0.1, -0.05) is 23.2 Å². The molecule has 0 bridgehead atoms. The van der Waals surface area contributed by atoms with Crippen LogP contribution in [0.25, 0.3) is 0 Å². The van der Waals surface area contributed by atoms with Crippen LogP contribution in [0.3, 0.4) is 0 Å². The first-order valence-corrected chi connectivity index (χ1v) is 11.0. The summed E-state index contributed by atoms with van der Waals surface area (Å²) in [5.74, 6) is 0.135. The quantitative estimate of drug-likeness (QED) is 0.709. The van der Waals surface area contributed by atoms with Crippen molar-refractivity contribution in [2.45, 2.75) is 30.7 Å². The Morgan fingerprint density at radius 3 is 2.35 bits per heavy atom. The molecule has 1 aromatic rings. The van der Waals surface area contributed by atoms with E-state index in [0.717, 1.165) is 19.4 Å². The smallest absolute Gasteiger partial charge is 0.243 e. The van der Waals surface area contributed by atoms with Gasteiger partial charge in [-0.25, -0.2) is 8.42 Å². The molecule has 3 rings (SSSR count). The summed E-state index contributed by atoms with van der Waals surface area (Å²) in [5.41, 5.74) is 0. The fourth-order valence-corrected chi connectivity index (χ4v) is 5.03. The Bertz CT molecular complexity index is 775. The van der Waals surface area contributed by atoms with Crippen molar-refractivity contribution in [3.8, 4) is 0 Å². The van der Waals surface area contributed by atoms with Gasteiger partial charge in [0.1, 0.15) is 0 Å². The average Bonchev–Trinajstić information content (AvgIpc) is 3.43. The van der Waals surface area contributed by atoms with Crippen LogP contribution >= 0.6 is 23.2 Å². The zero-order valence-electron chi connectivity index (χ0n) is 14.7. The molecule has 0 radical (unpaired) electrons. The Kier molecular flexibility index (Phi) is 6.14. The molecule has 1 aromatic carbocycles. The van der Waals surface area contributed by atoms with Gasteiger partial charge in [0.25, 0.3) is 0 Å². The summed E-state index contributed by atoms with van der Waals surface area (Å²) < 4.78 is 27.0. The maximum Gasteiger partial charge on any atom is 0.243 e. The first-order valence-electron chi connectivity index (χ1n) is 8.80. The summed E-state index contributed by atoms with van der Waals surface area (Å²) in [4.78, 5) is 16.5. The average molecular weight is 420 g/mol. The third-order valence-corrected chi connectivity index (χ3v) is 7.50. The van der Waals surface area contributed by atoms with Crippen molar-refractivity contribution in [3.05, 3.63) is 28.2 Å². The molecule has 1 saturated carbocycles. The summed E-state index contributed by atoms with van der Waals surface area (Å²) in [6, 6.07) is 4.74. The minimum Gasteiger partial charge on any atom is -0.339 e. The normalized spacial score (nSPS) is 19.5. The molecule has 0 atom stereocenters. The third kappa shape index (κ3) is 4.34. The minimum absolute atomic E-state index is 0.135. The number of rotatable bonds is 6. The van der Waals surface area contributed by atoms with Crippen molar-refractivity contribution in [3.63, 3.8) is 0 Å². The van der Waals surface area contributed by atoms with Crippen LogP contribution in [-0.4, -0.2) is 73.7 Å². The molecule has 26 heavy (non-hydrogen) atoms. The molecule has 6 nitrogen and oxygen atoms in total. The van der Waals surface area contributed by atoms with Gasteiger partial charge >= 0.3 is 0 Å². The number of likely N-dealkylation sites (N-methyl/N-ethyl adjacent to an activating group) is 1. The summed E-state index contributed by atoms with van der Waals surface area (Å²) in [5, 5.41) is 0.543. The Hall–Kier alpha value is -0.860. The van der Waals surface area contributed by atoms with Crippen LogP contribution in [0.1, 0.15) is 19.8 Å². The molecule has 0 unspecified atom stereocenters. The van der Waals surface area contributed by atoms with Gasteiger partial charge in [-0.3, -0.25) is 9.69 Å². The lowest BCUT2D eigenvalue weighted by atomic mass is 10.3. The number of sulfonamides is 1. The van der Waals surface area contributed by atoms with Crippen LogP contribution in [0.4, 0.5) is 0 Å². The molecule has 0 N–H and O–H groups in total. The van der Waals surface area contributed by atoms with E-state index in [1.54, 1.807) is 0 Å². The topological polar surface area (TPSA) is 60.9 Å². The molecule has 0 aromatic heterocycles. The largest absolute Gasteiger partial charge is 0.339 e. The number of benzene rings is 1. The monoisotopic (exact) mass is 419 g/mol. The Morgan fingerprint density at radius 2 is 1.81 bits per heavy atom. The molecule has 2 fully saturated rings. The van der Waals surface area contributed by atoms with E-state index >= 15 is 0 Å². The van der Waals surface area contributed by atoms with Gasteiger partial charge in [0.05, 0.1) is 21.5 Å². The highest BCUT2D eigenvalue weighted by Gasteiger charge is 2.33. The minimum atomic E-state index is -3.61. The lowest BCUT2D eigenvalue weighted by Crippen LogP contribution is -2.51. The van der Waals surface area contributed by atoms with Crippen LogP contribution in [0.15, 0.2) is 23.1 Å². The van der Waals surface area contributed by atoms with Gasteiger partial charge in [0, 0.05) is 38.8 Å². The van der Waals surface area contributed by atoms with Crippen molar-refractivity contribution < 1.29 is 13.2 Å². The van der Waals surface area contributed by atoms with E-state index in [4.69, 9.17) is 23.2 Å². The van der Waals surface area contributed by atoms with E-state index in [2.05, 4.69) is 0 Å². The summed E-state index contributed by atoms with van der Waals surface area (Å²) in [6.45, 7) is 4.86. The fraction of sp³-hybridized carbons (Fsp3) is 0.588. The third-order valence-electron chi connectivity index (χ3n) is 4.87. The number of hydrogen-bond donors (Lipinski definition) is 0. The first-order chi connectivity index (χ1) is 12.3. The zero-order valence-corrected chi connectivity index (χ0v) is 17.0. The van der Waals surface area contributed by atoms with Gasteiger partial charge in [0.2, 0.25) is 15.9 Å². The van der Waals surface area contributed by atoms with Crippen LogP contribution in [-0.2, 0) is 14.8 Å². The number of carbonyl (C=O) groups is 1.